The van der Waals surface area contributed by atoms with Gasteiger partial charge < -0.3 is 9.47 Å². The fraction of sp³-hybridized carbons (Fsp3) is 0.318. The Morgan fingerprint density at radius 1 is 1.10 bits per heavy atom. The third-order valence-corrected chi connectivity index (χ3v) is 4.93. The number of hydrogen-bond donors (Lipinski definition) is 1. The summed E-state index contributed by atoms with van der Waals surface area (Å²) in [5.74, 6) is -1.11. The van der Waals surface area contributed by atoms with Crippen molar-refractivity contribution in [1.82, 2.24) is 10.4 Å². The van der Waals surface area contributed by atoms with Crippen LogP contribution in [0, 0.1) is 6.92 Å². The molecule has 0 aliphatic carbocycles. The first-order chi connectivity index (χ1) is 13.9. The molecule has 2 aromatic rings. The van der Waals surface area contributed by atoms with Gasteiger partial charge in [-0.1, -0.05) is 29.8 Å². The number of ether oxygens (including phenoxy) is 2. The van der Waals surface area contributed by atoms with E-state index in [0.717, 1.165) is 16.1 Å². The fourth-order valence-corrected chi connectivity index (χ4v) is 3.39. The predicted molar refractivity (Wildman–Crippen MR) is 106 cm³/mol. The lowest BCUT2D eigenvalue weighted by atomic mass is 9.91. The molecule has 3 rings (SSSR count). The lowest BCUT2D eigenvalue weighted by molar-refractivity contribution is -0.153. The highest BCUT2D eigenvalue weighted by atomic mass is 16.5. The smallest absolute Gasteiger partial charge is 0.331 e. The van der Waals surface area contributed by atoms with Crippen molar-refractivity contribution < 1.29 is 23.9 Å². The first-order valence-electron chi connectivity index (χ1n) is 9.45. The SMILES string of the molecule is CCOC(=O)[C@@H]1[C@H](c2ccc(OC)cc2)CC(=O)N1NC(=O)c1ccc(C)cc1. The highest BCUT2D eigenvalue weighted by molar-refractivity contribution is 5.97. The van der Waals surface area contributed by atoms with Crippen LogP contribution < -0.4 is 10.2 Å². The molecule has 1 aliphatic rings. The maximum absolute atomic E-state index is 12.7. The zero-order chi connectivity index (χ0) is 21.0. The number of rotatable bonds is 6. The Morgan fingerprint density at radius 3 is 2.34 bits per heavy atom. The van der Waals surface area contributed by atoms with E-state index in [1.165, 1.54) is 0 Å². The maximum atomic E-state index is 12.7. The topological polar surface area (TPSA) is 84.9 Å². The lowest BCUT2D eigenvalue weighted by Gasteiger charge is -2.26. The minimum Gasteiger partial charge on any atom is -0.497 e. The molecule has 7 heteroatoms. The Kier molecular flexibility index (Phi) is 6.16. The van der Waals surface area contributed by atoms with Gasteiger partial charge in [0.1, 0.15) is 5.75 Å². The van der Waals surface area contributed by atoms with Crippen LogP contribution in [0.1, 0.15) is 40.7 Å². The molecule has 0 saturated carbocycles. The first-order valence-corrected chi connectivity index (χ1v) is 9.45. The highest BCUT2D eigenvalue weighted by Crippen LogP contribution is 2.35. The maximum Gasteiger partial charge on any atom is 0.331 e. The minimum atomic E-state index is -0.940. The van der Waals surface area contributed by atoms with Crippen molar-refractivity contribution in [3.8, 4) is 5.75 Å². The molecular weight excluding hydrogens is 372 g/mol. The zero-order valence-corrected chi connectivity index (χ0v) is 16.7. The van der Waals surface area contributed by atoms with E-state index in [9.17, 15) is 14.4 Å². The van der Waals surface area contributed by atoms with Crippen molar-refractivity contribution in [3.63, 3.8) is 0 Å². The summed E-state index contributed by atoms with van der Waals surface area (Å²) in [5, 5.41) is 1.11. The number of benzene rings is 2. The van der Waals surface area contributed by atoms with Crippen LogP contribution in [0.4, 0.5) is 0 Å². The quantitative estimate of drug-likeness (QED) is 0.759. The summed E-state index contributed by atoms with van der Waals surface area (Å²) in [4.78, 5) is 38.0. The summed E-state index contributed by atoms with van der Waals surface area (Å²) in [5.41, 5.74) is 4.81. The standard InChI is InChI=1S/C22H24N2O5/c1-4-29-22(27)20-18(15-9-11-17(28-3)12-10-15)13-19(25)24(20)23-21(26)16-7-5-14(2)6-8-16/h5-12,18,20H,4,13H2,1-3H3,(H,23,26)/t18-,20-/m0/s1. The molecule has 1 saturated heterocycles. The van der Waals surface area contributed by atoms with E-state index >= 15 is 0 Å². The van der Waals surface area contributed by atoms with E-state index in [1.54, 1.807) is 38.3 Å². The molecule has 1 N–H and O–H groups in total. The Labute approximate surface area is 169 Å². The van der Waals surface area contributed by atoms with Crippen LogP contribution in [0.2, 0.25) is 0 Å². The van der Waals surface area contributed by atoms with Crippen molar-refractivity contribution in [3.05, 3.63) is 65.2 Å². The molecule has 0 bridgehead atoms. The Hall–Kier alpha value is -3.35. The van der Waals surface area contributed by atoms with Gasteiger partial charge in [-0.25, -0.2) is 9.80 Å². The number of nitrogens with one attached hydrogen (secondary N) is 1. The molecule has 1 heterocycles. The summed E-state index contributed by atoms with van der Waals surface area (Å²) in [6, 6.07) is 13.2. The molecule has 2 aromatic carbocycles. The molecule has 1 aliphatic heterocycles. The number of carbonyl (C=O) groups excluding carboxylic acids is 3. The molecule has 7 nitrogen and oxygen atoms in total. The van der Waals surface area contributed by atoms with Crippen molar-refractivity contribution >= 4 is 17.8 Å². The van der Waals surface area contributed by atoms with E-state index < -0.39 is 23.8 Å². The van der Waals surface area contributed by atoms with Crippen molar-refractivity contribution in [2.24, 2.45) is 0 Å². The van der Waals surface area contributed by atoms with Gasteiger partial charge >= 0.3 is 5.97 Å². The van der Waals surface area contributed by atoms with Gasteiger partial charge in [-0.15, -0.1) is 0 Å². The van der Waals surface area contributed by atoms with Gasteiger partial charge in [0.05, 0.1) is 13.7 Å². The summed E-state index contributed by atoms with van der Waals surface area (Å²) >= 11 is 0. The number of carbonyl (C=O) groups is 3. The summed E-state index contributed by atoms with van der Waals surface area (Å²) in [6.07, 6.45) is 0.0873. The summed E-state index contributed by atoms with van der Waals surface area (Å²) < 4.78 is 10.4. The van der Waals surface area contributed by atoms with Gasteiger partial charge in [0.2, 0.25) is 5.91 Å². The second-order valence-corrected chi connectivity index (χ2v) is 6.85. The molecule has 0 radical (unpaired) electrons. The molecule has 0 spiro atoms. The monoisotopic (exact) mass is 396 g/mol. The van der Waals surface area contributed by atoms with Crippen LogP contribution in [0.5, 0.6) is 5.75 Å². The molecule has 0 aromatic heterocycles. The number of amides is 2. The third kappa shape index (κ3) is 4.39. The van der Waals surface area contributed by atoms with Gasteiger partial charge in [0.25, 0.3) is 5.91 Å². The second kappa shape index (κ2) is 8.77. The third-order valence-electron chi connectivity index (χ3n) is 4.93. The largest absolute Gasteiger partial charge is 0.497 e. The molecule has 29 heavy (non-hydrogen) atoms. The predicted octanol–water partition coefficient (Wildman–Crippen LogP) is 2.60. The van der Waals surface area contributed by atoms with Gasteiger partial charge in [-0.05, 0) is 43.7 Å². The van der Waals surface area contributed by atoms with E-state index in [1.807, 2.05) is 31.2 Å². The number of methoxy groups -OCH3 is 1. The first kappa shape index (κ1) is 20.4. The fourth-order valence-electron chi connectivity index (χ4n) is 3.39. The number of hydrogen-bond acceptors (Lipinski definition) is 5. The minimum absolute atomic E-state index is 0.0873. The zero-order valence-electron chi connectivity index (χ0n) is 16.7. The normalized spacial score (nSPS) is 18.4. The number of nitrogens with zero attached hydrogens (tertiary/aromatic N) is 1. The van der Waals surface area contributed by atoms with Crippen LogP contribution in [-0.2, 0) is 14.3 Å². The average molecular weight is 396 g/mol. The molecular formula is C22H24N2O5. The van der Waals surface area contributed by atoms with Crippen LogP contribution in [0.25, 0.3) is 0 Å². The molecule has 0 unspecified atom stereocenters. The molecule has 1 fully saturated rings. The molecule has 2 atom stereocenters. The van der Waals surface area contributed by atoms with Gasteiger partial charge in [-0.3, -0.25) is 15.0 Å². The van der Waals surface area contributed by atoms with E-state index in [4.69, 9.17) is 9.47 Å². The van der Waals surface area contributed by atoms with Crippen molar-refractivity contribution in [2.45, 2.75) is 32.2 Å². The second-order valence-electron chi connectivity index (χ2n) is 6.85. The lowest BCUT2D eigenvalue weighted by Crippen LogP contribution is -2.52. The number of esters is 1. The molecule has 152 valence electrons. The van der Waals surface area contributed by atoms with Gasteiger partial charge in [-0.2, -0.15) is 0 Å². The summed E-state index contributed by atoms with van der Waals surface area (Å²) in [6.45, 7) is 3.80. The van der Waals surface area contributed by atoms with Crippen LogP contribution in [0.3, 0.4) is 0 Å². The van der Waals surface area contributed by atoms with E-state index in [-0.39, 0.29) is 18.9 Å². The number of aryl methyl sites for hydroxylation is 1. The summed E-state index contributed by atoms with van der Waals surface area (Å²) in [7, 11) is 1.57. The Morgan fingerprint density at radius 2 is 1.76 bits per heavy atom. The van der Waals surface area contributed by atoms with Crippen LogP contribution >= 0.6 is 0 Å². The number of hydrazine groups is 1. The van der Waals surface area contributed by atoms with Crippen molar-refractivity contribution in [1.29, 1.82) is 0 Å². The van der Waals surface area contributed by atoms with Crippen molar-refractivity contribution in [2.75, 3.05) is 13.7 Å². The molecule has 2 amide bonds. The highest BCUT2D eigenvalue weighted by Gasteiger charge is 2.47. The van der Waals surface area contributed by atoms with Crippen LogP contribution in [0.15, 0.2) is 48.5 Å². The van der Waals surface area contributed by atoms with Crippen LogP contribution in [-0.4, -0.2) is 42.6 Å². The van der Waals surface area contributed by atoms with E-state index in [0.29, 0.717) is 11.3 Å². The van der Waals surface area contributed by atoms with E-state index in [2.05, 4.69) is 5.43 Å². The Bertz CT molecular complexity index is 892. The average Bonchev–Trinajstić information content (AvgIpc) is 3.05. The van der Waals surface area contributed by atoms with Gasteiger partial charge in [0.15, 0.2) is 6.04 Å². The van der Waals surface area contributed by atoms with Gasteiger partial charge in [0, 0.05) is 17.9 Å². The Balaban J connectivity index is 1.87.